The molecule has 2 aromatic carbocycles. The van der Waals surface area contributed by atoms with E-state index in [1.54, 1.807) is 12.1 Å². The number of rotatable bonds is 5. The monoisotopic (exact) mass is 559 g/mol. The zero-order chi connectivity index (χ0) is 28.1. The maximum absolute atomic E-state index is 13.7. The van der Waals surface area contributed by atoms with Crippen molar-refractivity contribution in [2.45, 2.75) is 37.6 Å². The van der Waals surface area contributed by atoms with Crippen LogP contribution in [-0.4, -0.2) is 43.5 Å². The molecule has 3 aliphatic heterocycles. The number of benzene rings is 2. The summed E-state index contributed by atoms with van der Waals surface area (Å²) in [7, 11) is 0. The third-order valence-electron chi connectivity index (χ3n) is 7.45. The molecule has 0 spiro atoms. The molecule has 2 aromatic rings. The van der Waals surface area contributed by atoms with E-state index in [4.69, 9.17) is 14.2 Å². The van der Waals surface area contributed by atoms with Gasteiger partial charge in [0.05, 0.1) is 29.5 Å². The largest absolute Gasteiger partial charge is 0.456 e. The van der Waals surface area contributed by atoms with Crippen molar-refractivity contribution in [3.05, 3.63) is 82.3 Å². The summed E-state index contributed by atoms with van der Waals surface area (Å²) in [6.45, 7) is 2.74. The van der Waals surface area contributed by atoms with Crippen LogP contribution in [0.3, 0.4) is 0 Å². The first-order chi connectivity index (χ1) is 18.3. The van der Waals surface area contributed by atoms with Gasteiger partial charge in [0, 0.05) is 31.0 Å². The molecule has 0 saturated carbocycles. The van der Waals surface area contributed by atoms with Gasteiger partial charge in [0.1, 0.15) is 12.4 Å². The number of cyclic esters (lactones) is 1. The predicted molar refractivity (Wildman–Crippen MR) is 122 cm³/mol. The van der Waals surface area contributed by atoms with Gasteiger partial charge in [0.2, 0.25) is 0 Å². The molecule has 5 nitrogen and oxygen atoms in total. The molecule has 2 saturated heterocycles. The zero-order valence-corrected chi connectivity index (χ0v) is 20.6. The summed E-state index contributed by atoms with van der Waals surface area (Å²) in [4.78, 5) is 13.6. The van der Waals surface area contributed by atoms with E-state index >= 15 is 0 Å². The summed E-state index contributed by atoms with van der Waals surface area (Å²) in [6.07, 6.45) is -10.8. The summed E-state index contributed by atoms with van der Waals surface area (Å²) in [5.74, 6) is -1.56. The molecule has 0 bridgehead atoms. The van der Waals surface area contributed by atoms with Crippen LogP contribution in [0, 0.1) is 17.7 Å². The molecule has 0 aromatic heterocycles. The number of alkyl halides is 6. The molecule has 0 N–H and O–H groups in total. The highest BCUT2D eigenvalue weighted by molar-refractivity contribution is 5.85. The second-order valence-electron chi connectivity index (χ2n) is 9.97. The predicted octanol–water partition coefficient (Wildman–Crippen LogP) is 6.07. The number of carbonyl (C=O) groups excluding carboxylic acids is 1. The van der Waals surface area contributed by atoms with Gasteiger partial charge in [-0.3, -0.25) is 0 Å². The molecule has 0 radical (unpaired) electrons. The summed E-state index contributed by atoms with van der Waals surface area (Å²) in [5, 5.41) is 0. The van der Waals surface area contributed by atoms with E-state index in [9.17, 15) is 35.5 Å². The van der Waals surface area contributed by atoms with Crippen LogP contribution in [0.5, 0.6) is 0 Å². The number of nitrogens with zero attached hydrogens (tertiary/aromatic N) is 1. The minimum Gasteiger partial charge on any atom is -0.456 e. The second kappa shape index (κ2) is 10.1. The number of hydrogen-bond acceptors (Lipinski definition) is 5. The number of carbonyl (C=O) groups is 1. The highest BCUT2D eigenvalue weighted by Gasteiger charge is 2.48. The first kappa shape index (κ1) is 27.4. The van der Waals surface area contributed by atoms with E-state index in [2.05, 4.69) is 0 Å². The lowest BCUT2D eigenvalue weighted by Gasteiger charge is -2.40. The van der Waals surface area contributed by atoms with Gasteiger partial charge in [0.25, 0.3) is 0 Å². The fourth-order valence-electron chi connectivity index (χ4n) is 5.49. The van der Waals surface area contributed by atoms with Crippen molar-refractivity contribution < 1.29 is 49.7 Å². The van der Waals surface area contributed by atoms with Gasteiger partial charge in [-0.2, -0.15) is 26.3 Å². The molecule has 3 heterocycles. The van der Waals surface area contributed by atoms with Crippen molar-refractivity contribution in [3.8, 4) is 0 Å². The van der Waals surface area contributed by atoms with Crippen LogP contribution >= 0.6 is 0 Å². The molecule has 0 aliphatic carbocycles. The van der Waals surface area contributed by atoms with Gasteiger partial charge in [-0.25, -0.2) is 9.18 Å². The first-order valence-electron chi connectivity index (χ1n) is 12.2. The third kappa shape index (κ3) is 5.76. The fraction of sp³-hybridized carbons (Fsp3) is 0.444. The summed E-state index contributed by atoms with van der Waals surface area (Å²) in [6, 6.07) is 6.99. The molecular formula is C27H24F7NO4. The lowest BCUT2D eigenvalue weighted by molar-refractivity contribution is -0.217. The smallest absolute Gasteiger partial charge is 0.416 e. The van der Waals surface area contributed by atoms with Crippen molar-refractivity contribution in [1.82, 2.24) is 4.90 Å². The molecular weight excluding hydrogens is 535 g/mol. The van der Waals surface area contributed by atoms with Gasteiger partial charge >= 0.3 is 18.3 Å². The maximum Gasteiger partial charge on any atom is 0.416 e. The van der Waals surface area contributed by atoms with E-state index in [-0.39, 0.29) is 36.7 Å². The molecule has 5 rings (SSSR count). The van der Waals surface area contributed by atoms with Crippen molar-refractivity contribution in [3.63, 3.8) is 0 Å². The molecule has 3 aliphatic rings. The Morgan fingerprint density at radius 3 is 2.18 bits per heavy atom. The maximum atomic E-state index is 13.7. The molecule has 12 heteroatoms. The van der Waals surface area contributed by atoms with Crippen LogP contribution in [0.4, 0.5) is 30.7 Å². The summed E-state index contributed by atoms with van der Waals surface area (Å²) < 4.78 is 111. The first-order valence-corrected chi connectivity index (χ1v) is 12.2. The van der Waals surface area contributed by atoms with Crippen LogP contribution in [-0.2, 0) is 31.4 Å². The normalized spacial score (nSPS) is 26.3. The average Bonchev–Trinajstić information content (AvgIpc) is 3.49. The quantitative estimate of drug-likeness (QED) is 0.329. The Morgan fingerprint density at radius 2 is 1.62 bits per heavy atom. The molecule has 210 valence electrons. The van der Waals surface area contributed by atoms with Crippen LogP contribution in [0.1, 0.15) is 41.2 Å². The number of fused-ring (bicyclic) bond motifs is 1. The van der Waals surface area contributed by atoms with Crippen LogP contribution < -0.4 is 0 Å². The van der Waals surface area contributed by atoms with Crippen LogP contribution in [0.2, 0.25) is 0 Å². The van der Waals surface area contributed by atoms with E-state index in [0.29, 0.717) is 36.5 Å². The number of likely N-dealkylation sites (tertiary alicyclic amines) is 1. The van der Waals surface area contributed by atoms with Gasteiger partial charge < -0.3 is 19.1 Å². The third-order valence-corrected chi connectivity index (χ3v) is 7.45. The molecule has 2 fully saturated rings. The Hall–Kier alpha value is -3.12. The van der Waals surface area contributed by atoms with E-state index < -0.39 is 53.6 Å². The second-order valence-corrected chi connectivity index (χ2v) is 9.97. The lowest BCUT2D eigenvalue weighted by Crippen LogP contribution is -2.42. The standard InChI is InChI=1S/C27H24F7NO4/c1-14(16-6-18(26(29,30)31)8-19(7-16)27(32,33)34)39-25-24(15-2-4-20(28)5-3-15)22-11-35(10-17(22)12-38-25)21-9-23(36)37-13-21/h2-9,14,17,22,24-25H,10-13H2,1H3/t14-,17+,22-,24+,25-/m1/s1. The van der Waals surface area contributed by atoms with E-state index in [1.165, 1.54) is 25.1 Å². The number of hydrogen-bond donors (Lipinski definition) is 0. The van der Waals surface area contributed by atoms with Gasteiger partial charge in [-0.15, -0.1) is 0 Å². The average molecular weight is 559 g/mol. The Morgan fingerprint density at radius 1 is 0.974 bits per heavy atom. The Kier molecular flexibility index (Phi) is 7.13. The van der Waals surface area contributed by atoms with Crippen molar-refractivity contribution >= 4 is 5.97 Å². The molecule has 5 atom stereocenters. The Bertz CT molecular complexity index is 1230. The topological polar surface area (TPSA) is 48.0 Å². The lowest BCUT2D eigenvalue weighted by atomic mass is 9.77. The van der Waals surface area contributed by atoms with E-state index in [0.717, 1.165) is 0 Å². The summed E-state index contributed by atoms with van der Waals surface area (Å²) in [5.41, 5.74) is -1.81. The Balaban J connectivity index is 1.45. The van der Waals surface area contributed by atoms with Crippen molar-refractivity contribution in [1.29, 1.82) is 0 Å². The SMILES string of the molecule is C[C@@H](O[C@H]1OC[C@@H]2CN(C3=CC(=O)OC3)C[C@H]2[C@@H]1c1ccc(F)cc1)c1cc(C(F)(F)F)cc(C(F)(F)F)c1. The fourth-order valence-corrected chi connectivity index (χ4v) is 5.49. The molecule has 39 heavy (non-hydrogen) atoms. The Labute approximate surface area is 219 Å². The molecule has 0 unspecified atom stereocenters. The minimum atomic E-state index is -4.99. The highest BCUT2D eigenvalue weighted by Crippen LogP contribution is 2.46. The van der Waals surface area contributed by atoms with Crippen LogP contribution in [0.15, 0.2) is 54.2 Å². The van der Waals surface area contributed by atoms with Gasteiger partial charge in [-0.05, 0) is 54.3 Å². The number of halogens is 7. The minimum absolute atomic E-state index is 0.0165. The highest BCUT2D eigenvalue weighted by atomic mass is 19.4. The molecule has 0 amide bonds. The number of ether oxygens (including phenoxy) is 3. The summed E-state index contributed by atoms with van der Waals surface area (Å²) >= 11 is 0. The zero-order valence-electron chi connectivity index (χ0n) is 20.6. The van der Waals surface area contributed by atoms with Crippen LogP contribution in [0.25, 0.3) is 0 Å². The van der Waals surface area contributed by atoms with Crippen molar-refractivity contribution in [2.75, 3.05) is 26.3 Å². The van der Waals surface area contributed by atoms with Gasteiger partial charge in [-0.1, -0.05) is 12.1 Å². The number of esters is 1. The van der Waals surface area contributed by atoms with Crippen molar-refractivity contribution in [2.24, 2.45) is 11.8 Å². The van der Waals surface area contributed by atoms with Gasteiger partial charge in [0.15, 0.2) is 6.29 Å². The van der Waals surface area contributed by atoms with E-state index in [1.807, 2.05) is 4.90 Å².